The van der Waals surface area contributed by atoms with Crippen LogP contribution in [0.5, 0.6) is 0 Å². The normalized spacial score (nSPS) is 20.3. The number of nitrogens with zero attached hydrogens (tertiary/aromatic N) is 2. The smallest absolute Gasteiger partial charge is 0.287 e. The Morgan fingerprint density at radius 3 is 3.10 bits per heavy atom. The molecular weight excluding hydrogens is 282 g/mol. The van der Waals surface area contributed by atoms with E-state index in [4.69, 9.17) is 4.42 Å². The molecule has 1 aliphatic heterocycles. The van der Waals surface area contributed by atoms with E-state index in [1.165, 1.54) is 18.2 Å². The molecule has 7 nitrogen and oxygen atoms in total. The first-order chi connectivity index (χ1) is 9.63. The summed E-state index contributed by atoms with van der Waals surface area (Å²) in [6.45, 7) is 0.946. The van der Waals surface area contributed by atoms with E-state index in [1.54, 1.807) is 0 Å². The van der Waals surface area contributed by atoms with Crippen molar-refractivity contribution in [3.8, 4) is 0 Å². The molecule has 1 aromatic heterocycles. The molecular formula is C12H13N3O4S. The second kappa shape index (κ2) is 5.29. The lowest BCUT2D eigenvalue weighted by atomic mass is 10.3. The number of fused-ring (bicyclic) bond motifs is 1. The van der Waals surface area contributed by atoms with Crippen LogP contribution in [0.1, 0.15) is 12.8 Å². The van der Waals surface area contributed by atoms with Gasteiger partial charge in [-0.25, -0.2) is 9.19 Å². The largest absolute Gasteiger partial charge is 0.430 e. The summed E-state index contributed by atoms with van der Waals surface area (Å²) in [5.74, 6) is 0.453. The van der Waals surface area contributed by atoms with Crippen LogP contribution in [0, 0.1) is 10.1 Å². The Balaban J connectivity index is 1.84. The third-order valence-corrected chi connectivity index (χ3v) is 4.54. The predicted molar refractivity (Wildman–Crippen MR) is 73.0 cm³/mol. The van der Waals surface area contributed by atoms with Crippen LogP contribution in [0.4, 0.5) is 5.69 Å². The molecule has 8 heteroatoms. The Kier molecular flexibility index (Phi) is 3.49. The number of aromatic nitrogens is 1. The Morgan fingerprint density at radius 2 is 2.40 bits per heavy atom. The average molecular weight is 295 g/mol. The van der Waals surface area contributed by atoms with E-state index >= 15 is 0 Å². The van der Waals surface area contributed by atoms with Gasteiger partial charge < -0.3 is 9.73 Å². The van der Waals surface area contributed by atoms with Crippen LogP contribution in [0.15, 0.2) is 27.8 Å². The molecule has 0 radical (unpaired) electrons. The SMILES string of the molecule is O=[N+]([O-])c1ccc2oc([S@](=O)C[C@@H]3CCCN3)nc2c1. The Bertz CT molecular complexity index is 678. The van der Waals surface area contributed by atoms with Crippen molar-refractivity contribution >= 4 is 27.6 Å². The van der Waals surface area contributed by atoms with Crippen molar-refractivity contribution in [1.29, 1.82) is 0 Å². The molecule has 0 saturated carbocycles. The average Bonchev–Trinajstić information content (AvgIpc) is 3.05. The summed E-state index contributed by atoms with van der Waals surface area (Å²) in [7, 11) is -1.33. The Morgan fingerprint density at radius 1 is 1.55 bits per heavy atom. The van der Waals surface area contributed by atoms with Crippen molar-refractivity contribution in [2.45, 2.75) is 24.1 Å². The van der Waals surface area contributed by atoms with E-state index in [-0.39, 0.29) is 17.0 Å². The van der Waals surface area contributed by atoms with Gasteiger partial charge >= 0.3 is 0 Å². The highest BCUT2D eigenvalue weighted by molar-refractivity contribution is 7.84. The molecule has 1 saturated heterocycles. The van der Waals surface area contributed by atoms with Crippen molar-refractivity contribution < 1.29 is 13.5 Å². The molecule has 1 fully saturated rings. The van der Waals surface area contributed by atoms with Gasteiger partial charge in [0.25, 0.3) is 10.9 Å². The zero-order valence-corrected chi connectivity index (χ0v) is 11.4. The summed E-state index contributed by atoms with van der Waals surface area (Å²) < 4.78 is 17.6. The van der Waals surface area contributed by atoms with Crippen molar-refractivity contribution in [3.63, 3.8) is 0 Å². The minimum absolute atomic E-state index is 0.0550. The van der Waals surface area contributed by atoms with Crippen LogP contribution in [0.25, 0.3) is 11.1 Å². The second-order valence-corrected chi connectivity index (χ2v) is 6.07. The highest BCUT2D eigenvalue weighted by atomic mass is 32.2. The van der Waals surface area contributed by atoms with Crippen LogP contribution in [-0.4, -0.2) is 32.5 Å². The van der Waals surface area contributed by atoms with Crippen LogP contribution in [-0.2, 0) is 10.8 Å². The van der Waals surface area contributed by atoms with Crippen molar-refractivity contribution in [2.24, 2.45) is 0 Å². The standard InChI is InChI=1S/C12H13N3O4S/c16-15(17)9-3-4-11-10(6-9)14-12(19-11)20(18)7-8-2-1-5-13-8/h3-4,6,8,13H,1-2,5,7H2/t8-,20+/m0/s1. The summed E-state index contributed by atoms with van der Waals surface area (Å²) in [5, 5.41) is 14.1. The summed E-state index contributed by atoms with van der Waals surface area (Å²) in [6, 6.07) is 4.38. The van der Waals surface area contributed by atoms with Crippen LogP contribution in [0.3, 0.4) is 0 Å². The minimum atomic E-state index is -1.33. The molecule has 1 N–H and O–H groups in total. The molecule has 106 valence electrons. The Hall–Kier alpha value is -1.80. The molecule has 0 amide bonds. The number of nitro groups is 1. The number of nitro benzene ring substituents is 1. The minimum Gasteiger partial charge on any atom is -0.430 e. The maximum absolute atomic E-state index is 12.2. The van der Waals surface area contributed by atoms with Gasteiger partial charge in [-0.1, -0.05) is 0 Å². The quantitative estimate of drug-likeness (QED) is 0.679. The Labute approximate surface area is 117 Å². The van der Waals surface area contributed by atoms with Gasteiger partial charge in [-0.15, -0.1) is 0 Å². The first kappa shape index (κ1) is 13.2. The number of rotatable bonds is 4. The first-order valence-corrected chi connectivity index (χ1v) is 7.62. The van der Waals surface area contributed by atoms with Gasteiger partial charge in [-0.05, 0) is 25.5 Å². The fourth-order valence-corrected chi connectivity index (χ4v) is 3.43. The van der Waals surface area contributed by atoms with Crippen molar-refractivity contribution in [1.82, 2.24) is 10.3 Å². The molecule has 1 aliphatic rings. The summed E-state index contributed by atoms with van der Waals surface area (Å²) in [6.07, 6.45) is 2.08. The fourth-order valence-electron chi connectivity index (χ4n) is 2.26. The number of benzene rings is 1. The lowest BCUT2D eigenvalue weighted by Crippen LogP contribution is -2.27. The number of hydrogen-bond donors (Lipinski definition) is 1. The lowest BCUT2D eigenvalue weighted by molar-refractivity contribution is -0.384. The lowest BCUT2D eigenvalue weighted by Gasteiger charge is -2.06. The molecule has 2 aromatic rings. The molecule has 0 unspecified atom stereocenters. The van der Waals surface area contributed by atoms with Gasteiger partial charge in [-0.3, -0.25) is 10.1 Å². The number of hydrogen-bond acceptors (Lipinski definition) is 6. The summed E-state index contributed by atoms with van der Waals surface area (Å²) in [5.41, 5.74) is 0.723. The van der Waals surface area contributed by atoms with E-state index < -0.39 is 15.7 Å². The summed E-state index contributed by atoms with van der Waals surface area (Å²) >= 11 is 0. The zero-order chi connectivity index (χ0) is 14.1. The topological polar surface area (TPSA) is 98.3 Å². The monoisotopic (exact) mass is 295 g/mol. The van der Waals surface area contributed by atoms with Crippen LogP contribution < -0.4 is 5.32 Å². The molecule has 0 spiro atoms. The highest BCUT2D eigenvalue weighted by Gasteiger charge is 2.21. The van der Waals surface area contributed by atoms with Crippen molar-refractivity contribution in [2.75, 3.05) is 12.3 Å². The van der Waals surface area contributed by atoms with Gasteiger partial charge in [0.2, 0.25) is 0 Å². The van der Waals surface area contributed by atoms with E-state index in [0.717, 1.165) is 19.4 Å². The molecule has 2 heterocycles. The molecule has 2 atom stereocenters. The number of non-ortho nitro benzene ring substituents is 1. The van der Waals surface area contributed by atoms with Gasteiger partial charge in [0, 0.05) is 23.9 Å². The zero-order valence-electron chi connectivity index (χ0n) is 10.6. The van der Waals surface area contributed by atoms with E-state index in [1.807, 2.05) is 0 Å². The van der Waals surface area contributed by atoms with E-state index in [9.17, 15) is 14.3 Å². The number of oxazole rings is 1. The molecule has 1 aromatic carbocycles. The van der Waals surface area contributed by atoms with Crippen LogP contribution >= 0.6 is 0 Å². The molecule has 0 bridgehead atoms. The third kappa shape index (κ3) is 2.56. The maximum Gasteiger partial charge on any atom is 0.287 e. The molecule has 3 rings (SSSR count). The molecule has 20 heavy (non-hydrogen) atoms. The molecule has 0 aliphatic carbocycles. The predicted octanol–water partition coefficient (Wildman–Crippen LogP) is 1.60. The van der Waals surface area contributed by atoms with Crippen LogP contribution in [0.2, 0.25) is 0 Å². The summed E-state index contributed by atoms with van der Waals surface area (Å²) in [4.78, 5) is 14.3. The van der Waals surface area contributed by atoms with Gasteiger partial charge in [0.1, 0.15) is 16.3 Å². The highest BCUT2D eigenvalue weighted by Crippen LogP contribution is 2.23. The van der Waals surface area contributed by atoms with Gasteiger partial charge in [-0.2, -0.15) is 0 Å². The maximum atomic E-state index is 12.2. The van der Waals surface area contributed by atoms with E-state index in [0.29, 0.717) is 16.9 Å². The van der Waals surface area contributed by atoms with E-state index in [2.05, 4.69) is 10.3 Å². The first-order valence-electron chi connectivity index (χ1n) is 6.30. The fraction of sp³-hybridized carbons (Fsp3) is 0.417. The van der Waals surface area contributed by atoms with Gasteiger partial charge in [0.05, 0.1) is 4.92 Å². The number of nitrogens with one attached hydrogen (secondary N) is 1. The second-order valence-electron chi connectivity index (χ2n) is 4.69. The third-order valence-electron chi connectivity index (χ3n) is 3.27. The van der Waals surface area contributed by atoms with Gasteiger partial charge in [0.15, 0.2) is 5.58 Å². The van der Waals surface area contributed by atoms with Crippen molar-refractivity contribution in [3.05, 3.63) is 28.3 Å².